The van der Waals surface area contributed by atoms with E-state index in [2.05, 4.69) is 0 Å². The summed E-state index contributed by atoms with van der Waals surface area (Å²) < 4.78 is 99.2. The maximum Gasteiger partial charge on any atom is 0.399 e. The van der Waals surface area contributed by atoms with Gasteiger partial charge in [0.2, 0.25) is 0 Å². The summed E-state index contributed by atoms with van der Waals surface area (Å²) in [7, 11) is -10.7. The van der Waals surface area contributed by atoms with Crippen molar-refractivity contribution >= 4 is 26.9 Å². The smallest absolute Gasteiger partial charge is 0.399 e. The average Bonchev–Trinajstić information content (AvgIpc) is 3.03. The van der Waals surface area contributed by atoms with Gasteiger partial charge in [-0.05, 0) is 65.9 Å². The number of rotatable bonds is 12. The minimum absolute atomic E-state index is 0.000417. The van der Waals surface area contributed by atoms with Crippen molar-refractivity contribution in [3.63, 3.8) is 0 Å². The summed E-state index contributed by atoms with van der Waals surface area (Å²) in [5.74, 6) is -2.14. The van der Waals surface area contributed by atoms with Gasteiger partial charge >= 0.3 is 32.5 Å². The van der Waals surface area contributed by atoms with Crippen LogP contribution in [0.15, 0.2) is 97.1 Å². The summed E-state index contributed by atoms with van der Waals surface area (Å²) in [6.07, 6.45) is -0.675. The molecule has 4 aromatic carbocycles. The van der Waals surface area contributed by atoms with Gasteiger partial charge in [-0.15, -0.1) is 0 Å². The lowest BCUT2D eigenvalue weighted by molar-refractivity contribution is 0.0564. The predicted octanol–water partition coefficient (Wildman–Crippen LogP) is 6.67. The van der Waals surface area contributed by atoms with Crippen LogP contribution in [0.4, 0.5) is 22.0 Å². The van der Waals surface area contributed by atoms with E-state index in [1.165, 1.54) is 36.4 Å². The minimum atomic E-state index is -5.91. The summed E-state index contributed by atoms with van der Waals surface area (Å²) >= 11 is 0. The van der Waals surface area contributed by atoms with Crippen LogP contribution in [0.2, 0.25) is 0 Å². The Morgan fingerprint density at radius 2 is 1.08 bits per heavy atom. The third-order valence-corrected chi connectivity index (χ3v) is 9.70. The van der Waals surface area contributed by atoms with Gasteiger partial charge in [-0.1, -0.05) is 60.7 Å². The van der Waals surface area contributed by atoms with Crippen LogP contribution in [0.25, 0.3) is 0 Å². The molecule has 0 bridgehead atoms. The van der Waals surface area contributed by atoms with Gasteiger partial charge in [-0.2, -0.15) is 17.6 Å². The first-order chi connectivity index (χ1) is 22.2. The summed E-state index contributed by atoms with van der Waals surface area (Å²) in [6.45, 7) is 0. The van der Waals surface area contributed by atoms with Crippen molar-refractivity contribution in [1.29, 1.82) is 0 Å². The van der Waals surface area contributed by atoms with Crippen LogP contribution < -0.4 is 0 Å². The van der Waals surface area contributed by atoms with E-state index in [0.29, 0.717) is 0 Å². The number of carbonyl (C=O) groups is 2. The number of benzene rings is 4. The second-order valence-corrected chi connectivity index (χ2v) is 14.2. The fourth-order valence-corrected chi connectivity index (χ4v) is 6.15. The first kappa shape index (κ1) is 36.8. The lowest BCUT2D eigenvalue weighted by atomic mass is 9.66. The van der Waals surface area contributed by atoms with Crippen LogP contribution in [-0.2, 0) is 43.5 Å². The molecule has 0 saturated heterocycles. The molecular formula is C32H27F5O9P2. The van der Waals surface area contributed by atoms with Crippen LogP contribution in [0.1, 0.15) is 48.5 Å². The Balaban J connectivity index is 1.95. The molecule has 4 rings (SSSR count). The van der Waals surface area contributed by atoms with Crippen LogP contribution in [-0.4, -0.2) is 38.4 Å². The third-order valence-electron chi connectivity index (χ3n) is 7.72. The maximum absolute atomic E-state index is 14.6. The molecule has 0 fully saturated rings. The summed E-state index contributed by atoms with van der Waals surface area (Å²) in [5, 5.41) is 0. The molecule has 0 heterocycles. The molecule has 16 heteroatoms. The number of ketones is 1. The van der Waals surface area contributed by atoms with E-state index in [-0.39, 0.29) is 40.7 Å². The van der Waals surface area contributed by atoms with Crippen molar-refractivity contribution < 1.29 is 65.0 Å². The lowest BCUT2D eigenvalue weighted by Gasteiger charge is -2.34. The quantitative estimate of drug-likeness (QED) is 0.0545. The molecule has 0 atom stereocenters. The number of methoxy groups -OCH3 is 1. The Bertz CT molecular complexity index is 1820. The number of Topliss-reactive ketones (excluding diaryl/α,β-unsaturated/α-hetero) is 1. The van der Waals surface area contributed by atoms with Crippen LogP contribution in [0.5, 0.6) is 0 Å². The van der Waals surface area contributed by atoms with Crippen LogP contribution >= 0.6 is 15.2 Å². The average molecular weight is 712 g/mol. The van der Waals surface area contributed by atoms with Crippen molar-refractivity contribution in [3.05, 3.63) is 142 Å². The highest BCUT2D eigenvalue weighted by Gasteiger charge is 2.51. The molecule has 0 aliphatic rings. The van der Waals surface area contributed by atoms with Gasteiger partial charge in [0, 0.05) is 16.7 Å². The van der Waals surface area contributed by atoms with Crippen molar-refractivity contribution in [2.24, 2.45) is 0 Å². The van der Waals surface area contributed by atoms with Gasteiger partial charge in [0.05, 0.1) is 18.1 Å². The molecule has 48 heavy (non-hydrogen) atoms. The van der Waals surface area contributed by atoms with Crippen molar-refractivity contribution in [2.75, 3.05) is 7.11 Å². The largest absolute Gasteiger partial charge is 0.465 e. The number of carbonyl (C=O) groups excluding carboxylic acids is 2. The Hall–Kier alpha value is -4.03. The Kier molecular flexibility index (Phi) is 10.3. The van der Waals surface area contributed by atoms with E-state index in [0.717, 1.165) is 67.8 Å². The van der Waals surface area contributed by atoms with Gasteiger partial charge in [-0.3, -0.25) is 13.9 Å². The van der Waals surface area contributed by atoms with Gasteiger partial charge in [0.15, 0.2) is 5.78 Å². The summed E-state index contributed by atoms with van der Waals surface area (Å²) in [4.78, 5) is 63.7. The highest BCUT2D eigenvalue weighted by molar-refractivity contribution is 7.52. The molecular weight excluding hydrogens is 685 g/mol. The van der Waals surface area contributed by atoms with Crippen molar-refractivity contribution in [3.8, 4) is 0 Å². The highest BCUT2D eigenvalue weighted by Crippen LogP contribution is 2.60. The SMILES string of the molecule is COC(=O)c1cccc(C(Cc2ccc(C(F)(F)P(=O)(O)O)cc2)(Cc2ccc(C(F)(F)P(=O)(O)O)cc2)C(=O)c2ccc(F)cc2)c1. The fraction of sp³-hybridized carbons (Fsp3) is 0.188. The molecule has 0 aromatic heterocycles. The number of hydrogen-bond acceptors (Lipinski definition) is 5. The van der Waals surface area contributed by atoms with E-state index in [1.807, 2.05) is 0 Å². The molecule has 0 aliphatic heterocycles. The number of hydrogen-bond donors (Lipinski definition) is 4. The summed E-state index contributed by atoms with van der Waals surface area (Å²) in [5.41, 5.74) is -12.4. The number of halogens is 5. The Morgan fingerprint density at radius 3 is 1.48 bits per heavy atom. The Morgan fingerprint density at radius 1 is 0.646 bits per heavy atom. The van der Waals surface area contributed by atoms with Crippen molar-refractivity contribution in [2.45, 2.75) is 29.6 Å². The number of alkyl halides is 4. The lowest BCUT2D eigenvalue weighted by Crippen LogP contribution is -2.41. The molecule has 4 aromatic rings. The van der Waals surface area contributed by atoms with Crippen LogP contribution in [0.3, 0.4) is 0 Å². The normalized spacial score (nSPS) is 12.9. The standard InChI is InChI=1S/C32H27F5O9P2/c1-46-29(39)23-3-2-4-26(17-23)30(28(38)22-9-15-27(33)16-10-22,18-20-5-11-24(12-6-20)31(34,35)47(40,41)42)19-21-7-13-25(14-8-21)32(36,37)48(43,44)45/h2-17H,18-19H2,1H3,(H2,40,41,42)(H2,43,44,45). The maximum atomic E-state index is 14.6. The zero-order valence-electron chi connectivity index (χ0n) is 24.8. The summed E-state index contributed by atoms with van der Waals surface area (Å²) in [6, 6.07) is 17.5. The van der Waals surface area contributed by atoms with E-state index in [9.17, 15) is 40.7 Å². The predicted molar refractivity (Wildman–Crippen MR) is 162 cm³/mol. The number of ether oxygens (including phenoxy) is 1. The fourth-order valence-electron chi connectivity index (χ4n) is 5.18. The highest BCUT2D eigenvalue weighted by atomic mass is 31.2. The Labute approximate surface area is 270 Å². The number of esters is 1. The molecule has 0 saturated carbocycles. The van der Waals surface area contributed by atoms with E-state index >= 15 is 0 Å². The molecule has 0 spiro atoms. The molecule has 4 N–H and O–H groups in total. The zero-order chi connectivity index (χ0) is 35.7. The topological polar surface area (TPSA) is 158 Å². The monoisotopic (exact) mass is 712 g/mol. The van der Waals surface area contributed by atoms with E-state index in [1.54, 1.807) is 0 Å². The van der Waals surface area contributed by atoms with Gasteiger partial charge in [0.25, 0.3) is 0 Å². The molecule has 9 nitrogen and oxygen atoms in total. The van der Waals surface area contributed by atoms with Gasteiger partial charge in [0.1, 0.15) is 5.82 Å². The molecule has 254 valence electrons. The molecule has 0 unspecified atom stereocenters. The van der Waals surface area contributed by atoms with E-state index < -0.39 is 60.6 Å². The molecule has 0 amide bonds. The zero-order valence-corrected chi connectivity index (χ0v) is 26.6. The second kappa shape index (κ2) is 13.5. The first-order valence-corrected chi connectivity index (χ1v) is 17.0. The van der Waals surface area contributed by atoms with Crippen LogP contribution in [0, 0.1) is 5.82 Å². The third kappa shape index (κ3) is 7.34. The first-order valence-electron chi connectivity index (χ1n) is 13.8. The second-order valence-electron chi connectivity index (χ2n) is 10.9. The van der Waals surface area contributed by atoms with E-state index in [4.69, 9.17) is 24.3 Å². The van der Waals surface area contributed by atoms with Crippen molar-refractivity contribution in [1.82, 2.24) is 0 Å². The van der Waals surface area contributed by atoms with Gasteiger partial charge < -0.3 is 24.3 Å². The molecule has 0 radical (unpaired) electrons. The van der Waals surface area contributed by atoms with Gasteiger partial charge in [-0.25, -0.2) is 9.18 Å². The molecule has 0 aliphatic carbocycles. The minimum Gasteiger partial charge on any atom is -0.465 e.